The molecule has 0 bridgehead atoms. The van der Waals surface area contributed by atoms with Crippen molar-refractivity contribution in [2.75, 3.05) is 5.32 Å². The van der Waals surface area contributed by atoms with Crippen molar-refractivity contribution in [3.05, 3.63) is 48.5 Å². The lowest BCUT2D eigenvalue weighted by molar-refractivity contribution is -0.116. The van der Waals surface area contributed by atoms with Crippen LogP contribution in [-0.2, 0) is 17.9 Å². The molecule has 0 saturated carbocycles. The number of aromatic nitrogens is 2. The van der Waals surface area contributed by atoms with Crippen LogP contribution < -0.4 is 11.1 Å². The lowest BCUT2D eigenvalue weighted by atomic mass is 10.2. The number of hydrogen-bond acceptors (Lipinski definition) is 3. The van der Waals surface area contributed by atoms with E-state index in [9.17, 15) is 4.79 Å². The van der Waals surface area contributed by atoms with Gasteiger partial charge < -0.3 is 15.6 Å². The molecule has 1 aromatic carbocycles. The molecule has 2 aromatic rings. The Balaban J connectivity index is 1.86. The quantitative estimate of drug-likeness (QED) is 0.834. The number of nitrogens with zero attached hydrogens (tertiary/aromatic N) is 2. The first-order valence-corrected chi connectivity index (χ1v) is 5.82. The van der Waals surface area contributed by atoms with Crippen molar-refractivity contribution in [3.8, 4) is 0 Å². The normalized spacial score (nSPS) is 10.3. The highest BCUT2D eigenvalue weighted by molar-refractivity contribution is 5.90. The zero-order valence-electron chi connectivity index (χ0n) is 10.0. The molecule has 5 nitrogen and oxygen atoms in total. The maximum absolute atomic E-state index is 11.7. The van der Waals surface area contributed by atoms with Crippen LogP contribution in [0.2, 0.25) is 0 Å². The van der Waals surface area contributed by atoms with Crippen LogP contribution in [0.4, 0.5) is 5.69 Å². The second kappa shape index (κ2) is 5.97. The minimum absolute atomic E-state index is 0.0159. The molecule has 0 aliphatic rings. The molecule has 2 rings (SSSR count). The van der Waals surface area contributed by atoms with Crippen molar-refractivity contribution in [2.45, 2.75) is 19.5 Å². The summed E-state index contributed by atoms with van der Waals surface area (Å²) in [6, 6.07) is 7.55. The smallest absolute Gasteiger partial charge is 0.226 e. The van der Waals surface area contributed by atoms with Crippen molar-refractivity contribution < 1.29 is 4.79 Å². The highest BCUT2D eigenvalue weighted by Gasteiger charge is 2.03. The average Bonchev–Trinajstić information content (AvgIpc) is 2.90. The van der Waals surface area contributed by atoms with E-state index in [1.165, 1.54) is 0 Å². The molecule has 1 aromatic heterocycles. The van der Waals surface area contributed by atoms with E-state index in [1.807, 2.05) is 35.0 Å². The second-order valence-electron chi connectivity index (χ2n) is 4.00. The third kappa shape index (κ3) is 3.43. The highest BCUT2D eigenvalue weighted by atomic mass is 16.1. The molecule has 94 valence electrons. The maximum Gasteiger partial charge on any atom is 0.226 e. The van der Waals surface area contributed by atoms with Crippen molar-refractivity contribution in [2.24, 2.45) is 5.73 Å². The molecule has 3 N–H and O–H groups in total. The van der Waals surface area contributed by atoms with E-state index >= 15 is 0 Å². The van der Waals surface area contributed by atoms with Crippen LogP contribution in [0, 0.1) is 0 Å². The fourth-order valence-corrected chi connectivity index (χ4v) is 1.65. The van der Waals surface area contributed by atoms with Crippen LogP contribution >= 0.6 is 0 Å². The van der Waals surface area contributed by atoms with Crippen molar-refractivity contribution in [1.29, 1.82) is 0 Å². The van der Waals surface area contributed by atoms with Crippen molar-refractivity contribution in [3.63, 3.8) is 0 Å². The van der Waals surface area contributed by atoms with Gasteiger partial charge in [0.2, 0.25) is 5.91 Å². The first-order chi connectivity index (χ1) is 8.78. The topological polar surface area (TPSA) is 72.9 Å². The van der Waals surface area contributed by atoms with E-state index in [4.69, 9.17) is 5.73 Å². The number of hydrogen-bond donors (Lipinski definition) is 2. The number of imidazole rings is 1. The van der Waals surface area contributed by atoms with Gasteiger partial charge >= 0.3 is 0 Å². The van der Waals surface area contributed by atoms with Crippen LogP contribution in [0.1, 0.15) is 12.0 Å². The number of rotatable bonds is 5. The van der Waals surface area contributed by atoms with Gasteiger partial charge in [-0.15, -0.1) is 0 Å². The van der Waals surface area contributed by atoms with Crippen LogP contribution in [0.3, 0.4) is 0 Å². The number of amides is 1. The summed E-state index contributed by atoms with van der Waals surface area (Å²) in [5.74, 6) is -0.0159. The van der Waals surface area contributed by atoms with Gasteiger partial charge in [0.05, 0.1) is 6.33 Å². The van der Waals surface area contributed by atoms with Crippen LogP contribution in [-0.4, -0.2) is 15.5 Å². The Labute approximate surface area is 106 Å². The Morgan fingerprint density at radius 1 is 1.44 bits per heavy atom. The van der Waals surface area contributed by atoms with E-state index < -0.39 is 0 Å². The zero-order chi connectivity index (χ0) is 12.8. The lowest BCUT2D eigenvalue weighted by Gasteiger charge is -2.07. The fourth-order valence-electron chi connectivity index (χ4n) is 1.65. The summed E-state index contributed by atoms with van der Waals surface area (Å²) in [4.78, 5) is 15.7. The molecule has 1 amide bonds. The molecule has 0 radical (unpaired) electrons. The second-order valence-corrected chi connectivity index (χ2v) is 4.00. The van der Waals surface area contributed by atoms with Gasteiger partial charge in [0, 0.05) is 37.6 Å². The predicted molar refractivity (Wildman–Crippen MR) is 69.8 cm³/mol. The monoisotopic (exact) mass is 244 g/mol. The number of aryl methyl sites for hydroxylation is 1. The third-order valence-electron chi connectivity index (χ3n) is 2.60. The van der Waals surface area contributed by atoms with Gasteiger partial charge in [0.25, 0.3) is 0 Å². The predicted octanol–water partition coefficient (Wildman–Crippen LogP) is 1.37. The molecular weight excluding hydrogens is 228 g/mol. The minimum Gasteiger partial charge on any atom is -0.337 e. The van der Waals surface area contributed by atoms with Crippen LogP contribution in [0.5, 0.6) is 0 Å². The Morgan fingerprint density at radius 2 is 2.33 bits per heavy atom. The number of carbonyl (C=O) groups excluding carboxylic acids is 1. The molecule has 0 saturated heterocycles. The van der Waals surface area contributed by atoms with Gasteiger partial charge in [-0.05, 0) is 17.7 Å². The van der Waals surface area contributed by atoms with Crippen molar-refractivity contribution in [1.82, 2.24) is 9.55 Å². The van der Waals surface area contributed by atoms with E-state index in [1.54, 1.807) is 12.5 Å². The zero-order valence-corrected chi connectivity index (χ0v) is 10.0. The summed E-state index contributed by atoms with van der Waals surface area (Å²) in [5.41, 5.74) is 7.34. The van der Waals surface area contributed by atoms with Gasteiger partial charge in [-0.2, -0.15) is 0 Å². The largest absolute Gasteiger partial charge is 0.337 e. The summed E-state index contributed by atoms with van der Waals surface area (Å²) in [6.07, 6.45) is 5.65. The number of carbonyl (C=O) groups is 1. The summed E-state index contributed by atoms with van der Waals surface area (Å²) < 4.78 is 1.87. The first kappa shape index (κ1) is 12.3. The molecule has 0 unspecified atom stereocenters. The van der Waals surface area contributed by atoms with Gasteiger partial charge in [-0.1, -0.05) is 12.1 Å². The summed E-state index contributed by atoms with van der Waals surface area (Å²) in [5, 5.41) is 2.85. The van der Waals surface area contributed by atoms with Crippen LogP contribution in [0.15, 0.2) is 43.0 Å². The van der Waals surface area contributed by atoms with Gasteiger partial charge in [-0.25, -0.2) is 4.98 Å². The van der Waals surface area contributed by atoms with E-state index in [0.29, 0.717) is 19.5 Å². The Kier molecular flexibility index (Phi) is 4.09. The molecule has 0 fully saturated rings. The third-order valence-corrected chi connectivity index (χ3v) is 2.60. The Bertz CT molecular complexity index is 507. The Morgan fingerprint density at radius 3 is 3.06 bits per heavy atom. The first-order valence-electron chi connectivity index (χ1n) is 5.82. The van der Waals surface area contributed by atoms with Gasteiger partial charge in [0.1, 0.15) is 0 Å². The summed E-state index contributed by atoms with van der Waals surface area (Å²) in [6.45, 7) is 1.10. The number of benzene rings is 1. The SMILES string of the molecule is NCc1cccc(NC(=O)CCn2ccnc2)c1. The number of nitrogens with two attached hydrogens (primary N) is 1. The molecule has 0 spiro atoms. The molecule has 0 atom stereocenters. The fraction of sp³-hybridized carbons (Fsp3) is 0.231. The Hall–Kier alpha value is -2.14. The molecule has 5 heteroatoms. The maximum atomic E-state index is 11.7. The van der Waals surface area contributed by atoms with Crippen LogP contribution in [0.25, 0.3) is 0 Å². The van der Waals surface area contributed by atoms with Gasteiger partial charge in [0.15, 0.2) is 0 Å². The number of nitrogens with one attached hydrogen (secondary N) is 1. The van der Waals surface area contributed by atoms with E-state index in [2.05, 4.69) is 10.3 Å². The van der Waals surface area contributed by atoms with Gasteiger partial charge in [-0.3, -0.25) is 4.79 Å². The van der Waals surface area contributed by atoms with Crippen molar-refractivity contribution >= 4 is 11.6 Å². The molecular formula is C13H16N4O. The summed E-state index contributed by atoms with van der Waals surface area (Å²) in [7, 11) is 0. The van der Waals surface area contributed by atoms with E-state index in [-0.39, 0.29) is 5.91 Å². The lowest BCUT2D eigenvalue weighted by Crippen LogP contribution is -2.14. The molecule has 1 heterocycles. The summed E-state index contributed by atoms with van der Waals surface area (Å²) >= 11 is 0. The molecule has 0 aliphatic heterocycles. The average molecular weight is 244 g/mol. The highest BCUT2D eigenvalue weighted by Crippen LogP contribution is 2.10. The molecule has 18 heavy (non-hydrogen) atoms. The standard InChI is InChI=1S/C13H16N4O/c14-9-11-2-1-3-12(8-11)16-13(18)4-6-17-7-5-15-10-17/h1-3,5,7-8,10H,4,6,9,14H2,(H,16,18). The molecule has 0 aliphatic carbocycles. The van der Waals surface area contributed by atoms with E-state index in [0.717, 1.165) is 11.3 Å². The number of anilines is 1. The minimum atomic E-state index is -0.0159.